The molecule has 0 aliphatic rings. The maximum Gasteiger partial charge on any atom is 0.326 e. The molecule has 1 atom stereocenters. The van der Waals surface area contributed by atoms with Gasteiger partial charge in [0.1, 0.15) is 6.04 Å². The minimum atomic E-state index is -1.00. The molecule has 1 rings (SSSR count). The van der Waals surface area contributed by atoms with Crippen molar-refractivity contribution in [2.75, 3.05) is 0 Å². The minimum absolute atomic E-state index is 0.209. The molecule has 0 saturated heterocycles. The normalized spacial score (nSPS) is 12.2. The quantitative estimate of drug-likeness (QED) is 0.724. The zero-order valence-corrected chi connectivity index (χ0v) is 12.9. The summed E-state index contributed by atoms with van der Waals surface area (Å²) in [7, 11) is 0. The van der Waals surface area contributed by atoms with Crippen LogP contribution in [0.3, 0.4) is 0 Å². The molecule has 0 fully saturated rings. The van der Waals surface area contributed by atoms with E-state index in [-0.39, 0.29) is 5.92 Å². The van der Waals surface area contributed by atoms with Crippen LogP contribution in [0.5, 0.6) is 0 Å². The molecule has 0 spiro atoms. The zero-order chi connectivity index (χ0) is 15.1. The van der Waals surface area contributed by atoms with Crippen molar-refractivity contribution in [2.24, 2.45) is 5.92 Å². The van der Waals surface area contributed by atoms with Crippen LogP contribution in [-0.4, -0.2) is 23.1 Å². The van der Waals surface area contributed by atoms with E-state index in [1.807, 2.05) is 26.0 Å². The average molecular weight is 298 g/mol. The molecule has 1 aromatic rings. The summed E-state index contributed by atoms with van der Waals surface area (Å²) >= 11 is 1.65. The van der Waals surface area contributed by atoms with Gasteiger partial charge in [-0.05, 0) is 30.9 Å². The number of carboxylic acids is 1. The second-order valence-electron chi connectivity index (χ2n) is 5.07. The van der Waals surface area contributed by atoms with E-state index in [9.17, 15) is 9.59 Å². The molecule has 3 N–H and O–H groups in total. The highest BCUT2D eigenvalue weighted by molar-refractivity contribution is 7.11. The molecule has 1 aromatic heterocycles. The molecular weight excluding hydrogens is 276 g/mol. The van der Waals surface area contributed by atoms with Crippen molar-refractivity contribution in [3.8, 4) is 0 Å². The average Bonchev–Trinajstić information content (AvgIpc) is 2.83. The standard InChI is InChI=1S/C14H22N2O3S/c1-4-10-5-6-11(20-10)8-15-14(19)16-12(13(17)18)7-9(2)3/h5-6,9,12H,4,7-8H2,1-3H3,(H,17,18)(H2,15,16,19). The van der Waals surface area contributed by atoms with E-state index in [1.54, 1.807) is 11.3 Å². The molecule has 0 saturated carbocycles. The van der Waals surface area contributed by atoms with E-state index >= 15 is 0 Å². The van der Waals surface area contributed by atoms with Gasteiger partial charge >= 0.3 is 12.0 Å². The summed E-state index contributed by atoms with van der Waals surface area (Å²) in [5, 5.41) is 14.2. The Balaban J connectivity index is 2.43. The Hall–Kier alpha value is -1.56. The van der Waals surface area contributed by atoms with E-state index in [0.717, 1.165) is 11.3 Å². The molecule has 0 bridgehead atoms. The molecule has 2 amide bonds. The van der Waals surface area contributed by atoms with E-state index < -0.39 is 18.0 Å². The molecule has 0 radical (unpaired) electrons. The Kier molecular flexibility index (Phi) is 6.51. The summed E-state index contributed by atoms with van der Waals surface area (Å²) in [4.78, 5) is 25.1. The van der Waals surface area contributed by atoms with Gasteiger partial charge in [0.25, 0.3) is 0 Å². The smallest absolute Gasteiger partial charge is 0.326 e. The third kappa shape index (κ3) is 5.61. The molecule has 0 aliphatic heterocycles. The molecule has 20 heavy (non-hydrogen) atoms. The predicted molar refractivity (Wildman–Crippen MR) is 79.9 cm³/mol. The summed E-state index contributed by atoms with van der Waals surface area (Å²) < 4.78 is 0. The number of carbonyl (C=O) groups excluding carboxylic acids is 1. The van der Waals surface area contributed by atoms with Crippen molar-refractivity contribution in [3.63, 3.8) is 0 Å². The number of hydrogen-bond acceptors (Lipinski definition) is 3. The summed E-state index contributed by atoms with van der Waals surface area (Å²) in [6.07, 6.45) is 1.40. The fourth-order valence-electron chi connectivity index (χ4n) is 1.78. The molecule has 1 unspecified atom stereocenters. The molecule has 6 heteroatoms. The van der Waals surface area contributed by atoms with E-state index in [4.69, 9.17) is 5.11 Å². The highest BCUT2D eigenvalue weighted by Gasteiger charge is 2.20. The lowest BCUT2D eigenvalue weighted by Crippen LogP contribution is -2.46. The van der Waals surface area contributed by atoms with Crippen LogP contribution >= 0.6 is 11.3 Å². The number of nitrogens with one attached hydrogen (secondary N) is 2. The van der Waals surface area contributed by atoms with Crippen molar-refractivity contribution >= 4 is 23.3 Å². The van der Waals surface area contributed by atoms with Crippen LogP contribution in [0.25, 0.3) is 0 Å². The van der Waals surface area contributed by atoms with Gasteiger partial charge < -0.3 is 15.7 Å². The van der Waals surface area contributed by atoms with Gasteiger partial charge in [0.2, 0.25) is 0 Å². The van der Waals surface area contributed by atoms with Crippen molar-refractivity contribution in [2.45, 2.75) is 46.2 Å². The molecule has 112 valence electrons. The lowest BCUT2D eigenvalue weighted by Gasteiger charge is -2.16. The summed E-state index contributed by atoms with van der Waals surface area (Å²) in [6.45, 7) is 6.35. The van der Waals surface area contributed by atoms with Crippen molar-refractivity contribution < 1.29 is 14.7 Å². The van der Waals surface area contributed by atoms with Crippen LogP contribution < -0.4 is 10.6 Å². The summed E-state index contributed by atoms with van der Waals surface area (Å²) in [6, 6.07) is 2.74. The van der Waals surface area contributed by atoms with Gasteiger partial charge in [-0.25, -0.2) is 9.59 Å². The molecule has 0 aromatic carbocycles. The van der Waals surface area contributed by atoms with E-state index in [0.29, 0.717) is 13.0 Å². The molecule has 1 heterocycles. The van der Waals surface area contributed by atoms with Gasteiger partial charge in [-0.1, -0.05) is 20.8 Å². The van der Waals surface area contributed by atoms with Crippen molar-refractivity contribution in [1.29, 1.82) is 0 Å². The van der Waals surface area contributed by atoms with Gasteiger partial charge in [-0.3, -0.25) is 0 Å². The Bertz CT molecular complexity index is 457. The van der Waals surface area contributed by atoms with Gasteiger partial charge in [0.05, 0.1) is 6.54 Å². The Morgan fingerprint density at radius 3 is 2.45 bits per heavy atom. The van der Waals surface area contributed by atoms with Gasteiger partial charge in [0.15, 0.2) is 0 Å². The van der Waals surface area contributed by atoms with E-state index in [1.165, 1.54) is 4.88 Å². The van der Waals surface area contributed by atoms with Crippen LogP contribution in [-0.2, 0) is 17.8 Å². The zero-order valence-electron chi connectivity index (χ0n) is 12.1. The molecule has 5 nitrogen and oxygen atoms in total. The number of aliphatic carboxylic acids is 1. The highest BCUT2D eigenvalue weighted by atomic mass is 32.1. The maximum absolute atomic E-state index is 11.7. The minimum Gasteiger partial charge on any atom is -0.480 e. The largest absolute Gasteiger partial charge is 0.480 e. The Morgan fingerprint density at radius 1 is 1.30 bits per heavy atom. The van der Waals surface area contributed by atoms with Crippen molar-refractivity contribution in [3.05, 3.63) is 21.9 Å². The fraction of sp³-hybridized carbons (Fsp3) is 0.571. The third-order valence-corrected chi connectivity index (χ3v) is 4.03. The van der Waals surface area contributed by atoms with Crippen LogP contribution in [0.2, 0.25) is 0 Å². The van der Waals surface area contributed by atoms with Gasteiger partial charge in [0, 0.05) is 9.75 Å². The number of carbonyl (C=O) groups is 2. The fourth-order valence-corrected chi connectivity index (χ4v) is 2.67. The van der Waals surface area contributed by atoms with E-state index in [2.05, 4.69) is 17.6 Å². The first kappa shape index (κ1) is 16.5. The second kappa shape index (κ2) is 7.89. The van der Waals surface area contributed by atoms with Crippen LogP contribution in [0.1, 0.15) is 36.9 Å². The topological polar surface area (TPSA) is 78.4 Å². The first-order valence-corrected chi connectivity index (χ1v) is 7.58. The SMILES string of the molecule is CCc1ccc(CNC(=O)NC(CC(C)C)C(=O)O)s1. The third-order valence-electron chi connectivity index (χ3n) is 2.80. The van der Waals surface area contributed by atoms with Gasteiger partial charge in [-0.2, -0.15) is 0 Å². The van der Waals surface area contributed by atoms with Gasteiger partial charge in [-0.15, -0.1) is 11.3 Å². The lowest BCUT2D eigenvalue weighted by molar-refractivity contribution is -0.139. The highest BCUT2D eigenvalue weighted by Crippen LogP contribution is 2.16. The monoisotopic (exact) mass is 298 g/mol. The van der Waals surface area contributed by atoms with Crippen LogP contribution in [0.15, 0.2) is 12.1 Å². The Morgan fingerprint density at radius 2 is 1.95 bits per heavy atom. The van der Waals surface area contributed by atoms with Crippen LogP contribution in [0.4, 0.5) is 4.79 Å². The number of amides is 2. The maximum atomic E-state index is 11.7. The number of thiophene rings is 1. The van der Waals surface area contributed by atoms with Crippen LogP contribution in [0, 0.1) is 5.92 Å². The number of hydrogen-bond donors (Lipinski definition) is 3. The number of urea groups is 1. The molecule has 0 aliphatic carbocycles. The lowest BCUT2D eigenvalue weighted by atomic mass is 10.0. The first-order valence-electron chi connectivity index (χ1n) is 6.77. The number of carboxylic acid groups (broad SMARTS) is 1. The predicted octanol–water partition coefficient (Wildman–Crippen LogP) is 2.61. The Labute approximate surface area is 123 Å². The first-order chi connectivity index (χ1) is 9.42. The molecular formula is C14H22N2O3S. The summed E-state index contributed by atoms with van der Waals surface area (Å²) in [5.74, 6) is -0.793. The second-order valence-corrected chi connectivity index (χ2v) is 6.32. The summed E-state index contributed by atoms with van der Waals surface area (Å²) in [5.41, 5.74) is 0. The number of aryl methyl sites for hydroxylation is 1. The van der Waals surface area contributed by atoms with Crippen molar-refractivity contribution in [1.82, 2.24) is 10.6 Å². The number of rotatable bonds is 7.